The van der Waals surface area contributed by atoms with Crippen LogP contribution in [0.2, 0.25) is 0 Å². The smallest absolute Gasteiger partial charge is 0.270 e. The van der Waals surface area contributed by atoms with Crippen molar-refractivity contribution in [2.24, 2.45) is 5.84 Å². The summed E-state index contributed by atoms with van der Waals surface area (Å²) in [5.41, 5.74) is 2.28. The third-order valence-corrected chi connectivity index (χ3v) is 2.32. The number of nitrogen functional groups attached to an aromatic ring is 1. The molecule has 2 aromatic rings. The van der Waals surface area contributed by atoms with Crippen LogP contribution in [-0.4, -0.2) is 26.0 Å². The number of nitrogens with two attached hydrogens (primary N) is 1. The molecule has 2 rings (SSSR count). The molecule has 0 bridgehead atoms. The molecule has 0 unspecified atom stereocenters. The van der Waals surface area contributed by atoms with E-state index in [0.717, 1.165) is 6.07 Å². The van der Waals surface area contributed by atoms with Crippen LogP contribution >= 0.6 is 0 Å². The fourth-order valence-electron chi connectivity index (χ4n) is 1.43. The largest absolute Gasteiger partial charge is 0.323 e. The molecule has 4 N–H and O–H groups in total. The highest BCUT2D eigenvalue weighted by Crippen LogP contribution is 2.22. The lowest BCUT2D eigenvalue weighted by Gasteiger charge is -2.08. The van der Waals surface area contributed by atoms with Crippen molar-refractivity contribution >= 4 is 23.2 Å². The van der Waals surface area contributed by atoms with Gasteiger partial charge >= 0.3 is 0 Å². The van der Waals surface area contributed by atoms with E-state index < -0.39 is 10.8 Å². The van der Waals surface area contributed by atoms with E-state index in [1.54, 1.807) is 0 Å². The minimum Gasteiger partial charge on any atom is -0.323 e. The minimum absolute atomic E-state index is 0.00541. The lowest BCUT2D eigenvalue weighted by Crippen LogP contribution is -2.18. The standard InChI is InChI=1S/C10H9N7O3/c11-15-8-2-1-6(17(19)20)5-7(8)9(18)14-10-12-3-4-13-16-10/h1-5,15H,11H2,(H,12,14,16,18). The number of nitrogens with one attached hydrogen (secondary N) is 2. The van der Waals surface area contributed by atoms with E-state index in [2.05, 4.69) is 25.9 Å². The SMILES string of the molecule is NNc1ccc([N+](=O)[O-])cc1C(=O)Nc1nccnn1. The van der Waals surface area contributed by atoms with E-state index in [0.29, 0.717) is 0 Å². The predicted molar refractivity (Wildman–Crippen MR) is 68.7 cm³/mol. The van der Waals surface area contributed by atoms with Crippen molar-refractivity contribution in [3.05, 3.63) is 46.3 Å². The number of nitro benzene ring substituents is 1. The molecule has 1 amide bonds. The lowest BCUT2D eigenvalue weighted by atomic mass is 10.1. The molecule has 0 aliphatic heterocycles. The number of amides is 1. The van der Waals surface area contributed by atoms with Gasteiger partial charge in [-0.25, -0.2) is 4.98 Å². The third kappa shape index (κ3) is 2.81. The summed E-state index contributed by atoms with van der Waals surface area (Å²) in [5, 5.41) is 20.2. The van der Waals surface area contributed by atoms with Crippen molar-refractivity contribution in [1.29, 1.82) is 0 Å². The third-order valence-electron chi connectivity index (χ3n) is 2.32. The molecule has 0 saturated heterocycles. The number of carbonyl (C=O) groups is 1. The second-order valence-electron chi connectivity index (χ2n) is 3.55. The Labute approximate surface area is 112 Å². The van der Waals surface area contributed by atoms with Crippen LogP contribution < -0.4 is 16.6 Å². The highest BCUT2D eigenvalue weighted by molar-refractivity contribution is 6.07. The van der Waals surface area contributed by atoms with Crippen LogP contribution in [0.3, 0.4) is 0 Å². The monoisotopic (exact) mass is 275 g/mol. The van der Waals surface area contributed by atoms with Gasteiger partial charge in [0.1, 0.15) is 0 Å². The van der Waals surface area contributed by atoms with E-state index in [1.165, 1.54) is 24.5 Å². The van der Waals surface area contributed by atoms with Gasteiger partial charge in [0.25, 0.3) is 11.6 Å². The Morgan fingerprint density at radius 2 is 2.15 bits per heavy atom. The van der Waals surface area contributed by atoms with Gasteiger partial charge < -0.3 is 5.43 Å². The van der Waals surface area contributed by atoms with E-state index in [-0.39, 0.29) is 22.9 Å². The maximum atomic E-state index is 12.0. The number of hydrogen-bond acceptors (Lipinski definition) is 8. The zero-order valence-corrected chi connectivity index (χ0v) is 9.98. The molecule has 0 fully saturated rings. The van der Waals surface area contributed by atoms with Gasteiger partial charge in [0, 0.05) is 12.1 Å². The number of benzene rings is 1. The van der Waals surface area contributed by atoms with Gasteiger partial charge in [0.2, 0.25) is 5.95 Å². The quantitative estimate of drug-likeness (QED) is 0.410. The molecular formula is C10H9N7O3. The molecule has 1 aromatic heterocycles. The minimum atomic E-state index is -0.644. The number of hydrogen-bond donors (Lipinski definition) is 3. The Kier molecular flexibility index (Phi) is 3.77. The van der Waals surface area contributed by atoms with Gasteiger partial charge in [0.05, 0.1) is 28.6 Å². The highest BCUT2D eigenvalue weighted by Gasteiger charge is 2.17. The topological polar surface area (TPSA) is 149 Å². The van der Waals surface area contributed by atoms with Crippen LogP contribution in [0.25, 0.3) is 0 Å². The van der Waals surface area contributed by atoms with E-state index in [4.69, 9.17) is 5.84 Å². The van der Waals surface area contributed by atoms with Crippen LogP contribution in [0.4, 0.5) is 17.3 Å². The van der Waals surface area contributed by atoms with Crippen molar-refractivity contribution in [2.75, 3.05) is 10.7 Å². The summed E-state index contributed by atoms with van der Waals surface area (Å²) in [5.74, 6) is 4.60. The van der Waals surface area contributed by atoms with E-state index >= 15 is 0 Å². The number of hydrazine groups is 1. The summed E-state index contributed by atoms with van der Waals surface area (Å²) < 4.78 is 0. The fourth-order valence-corrected chi connectivity index (χ4v) is 1.43. The Morgan fingerprint density at radius 3 is 2.75 bits per heavy atom. The number of rotatable bonds is 4. The van der Waals surface area contributed by atoms with Gasteiger partial charge in [-0.15, -0.1) is 5.10 Å². The Morgan fingerprint density at radius 1 is 1.35 bits per heavy atom. The first-order valence-corrected chi connectivity index (χ1v) is 5.32. The van der Waals surface area contributed by atoms with Crippen LogP contribution in [-0.2, 0) is 0 Å². The Bertz CT molecular complexity index is 647. The molecule has 10 nitrogen and oxygen atoms in total. The van der Waals surface area contributed by atoms with Crippen molar-refractivity contribution < 1.29 is 9.72 Å². The van der Waals surface area contributed by atoms with Crippen molar-refractivity contribution in [2.45, 2.75) is 0 Å². The number of nitro groups is 1. The molecule has 20 heavy (non-hydrogen) atoms. The summed E-state index contributed by atoms with van der Waals surface area (Å²) in [6.07, 6.45) is 2.69. The van der Waals surface area contributed by atoms with E-state index in [1.807, 2.05) is 0 Å². The maximum Gasteiger partial charge on any atom is 0.270 e. The molecule has 0 saturated carbocycles. The second kappa shape index (κ2) is 5.67. The molecule has 0 atom stereocenters. The van der Waals surface area contributed by atoms with Crippen molar-refractivity contribution in [1.82, 2.24) is 15.2 Å². The highest BCUT2D eigenvalue weighted by atomic mass is 16.6. The molecule has 1 heterocycles. The Balaban J connectivity index is 2.32. The summed E-state index contributed by atoms with van der Waals surface area (Å²) in [4.78, 5) is 25.9. The number of non-ortho nitro benzene ring substituents is 1. The fraction of sp³-hybridized carbons (Fsp3) is 0. The van der Waals surface area contributed by atoms with Gasteiger partial charge in [-0.3, -0.25) is 26.1 Å². The molecular weight excluding hydrogens is 266 g/mol. The molecule has 0 radical (unpaired) electrons. The van der Waals surface area contributed by atoms with Gasteiger partial charge in [0.15, 0.2) is 0 Å². The number of nitrogens with zero attached hydrogens (tertiary/aromatic N) is 4. The average molecular weight is 275 g/mol. The van der Waals surface area contributed by atoms with Gasteiger partial charge in [-0.2, -0.15) is 5.10 Å². The van der Waals surface area contributed by atoms with Crippen LogP contribution in [0.5, 0.6) is 0 Å². The normalized spacial score (nSPS) is 9.85. The first-order chi connectivity index (χ1) is 9.61. The first kappa shape index (κ1) is 13.3. The van der Waals surface area contributed by atoms with Gasteiger partial charge in [-0.05, 0) is 6.07 Å². The number of anilines is 2. The molecule has 1 aromatic carbocycles. The molecule has 0 aliphatic carbocycles. The molecule has 0 spiro atoms. The van der Waals surface area contributed by atoms with Crippen LogP contribution in [0.15, 0.2) is 30.6 Å². The average Bonchev–Trinajstić information content (AvgIpc) is 2.47. The first-order valence-electron chi connectivity index (χ1n) is 5.32. The van der Waals surface area contributed by atoms with Crippen LogP contribution in [0, 0.1) is 10.1 Å². The summed E-state index contributed by atoms with van der Waals surface area (Å²) in [7, 11) is 0. The lowest BCUT2D eigenvalue weighted by molar-refractivity contribution is -0.384. The maximum absolute atomic E-state index is 12.0. The molecule has 0 aliphatic rings. The summed E-state index contributed by atoms with van der Waals surface area (Å²) >= 11 is 0. The number of carbonyl (C=O) groups excluding carboxylic acids is 1. The van der Waals surface area contributed by atoms with Crippen molar-refractivity contribution in [3.63, 3.8) is 0 Å². The zero-order valence-electron chi connectivity index (χ0n) is 9.98. The van der Waals surface area contributed by atoms with Crippen molar-refractivity contribution in [3.8, 4) is 0 Å². The summed E-state index contributed by atoms with van der Waals surface area (Å²) in [6, 6.07) is 3.66. The van der Waals surface area contributed by atoms with Gasteiger partial charge in [-0.1, -0.05) is 0 Å². The molecule has 102 valence electrons. The zero-order chi connectivity index (χ0) is 14.5. The summed E-state index contributed by atoms with van der Waals surface area (Å²) in [6.45, 7) is 0. The van der Waals surface area contributed by atoms with E-state index in [9.17, 15) is 14.9 Å². The second-order valence-corrected chi connectivity index (χ2v) is 3.55. The van der Waals surface area contributed by atoms with Crippen LogP contribution in [0.1, 0.15) is 10.4 Å². The number of aromatic nitrogens is 3. The molecule has 10 heteroatoms. The Hall–Kier alpha value is -3.14. The predicted octanol–water partition coefficient (Wildman–Crippen LogP) is 0.318.